The Morgan fingerprint density at radius 3 is 0.955 bits per heavy atom. The van der Waals surface area contributed by atoms with Crippen molar-refractivity contribution in [3.05, 3.63) is 246 Å². The van der Waals surface area contributed by atoms with Crippen LogP contribution in [0.2, 0.25) is 0 Å². The van der Waals surface area contributed by atoms with E-state index in [1.54, 1.807) is 26.4 Å². The number of benzene rings is 14. The molecule has 10 nitrogen and oxygen atoms in total. The number of cyclic esters (lactones) is 2. The summed E-state index contributed by atoms with van der Waals surface area (Å²) in [6.45, 7) is 45.2. The second kappa shape index (κ2) is 27.4. The van der Waals surface area contributed by atoms with Gasteiger partial charge >= 0.3 is 11.9 Å². The van der Waals surface area contributed by atoms with Gasteiger partial charge in [0.2, 0.25) is 0 Å². The van der Waals surface area contributed by atoms with Crippen LogP contribution in [-0.2, 0) is 26.4 Å². The largest absolute Gasteiger partial charge is 0.497 e. The molecule has 0 aliphatic carbocycles. The average Bonchev–Trinajstić information content (AvgIpc) is 0.676. The number of methoxy groups -OCH3 is 2. The van der Waals surface area contributed by atoms with Crippen LogP contribution in [0.1, 0.15) is 193 Å². The third kappa shape index (κ3) is 14.3. The Hall–Kier alpha value is -11.1. The Kier molecular flexibility index (Phi) is 18.6. The van der Waals surface area contributed by atoms with Crippen molar-refractivity contribution in [1.82, 2.24) is 0 Å². The molecule has 1 heterocycles. The van der Waals surface area contributed by atoms with Crippen LogP contribution in [0.4, 0.5) is 17.1 Å². The van der Waals surface area contributed by atoms with Crippen molar-refractivity contribution >= 4 is 104 Å². The minimum atomic E-state index is -0.762. The van der Waals surface area contributed by atoms with Gasteiger partial charge in [0.05, 0.1) is 31.0 Å². The maximum atomic E-state index is 14.7. The van der Waals surface area contributed by atoms with E-state index in [0.29, 0.717) is 67.5 Å². The van der Waals surface area contributed by atoms with Gasteiger partial charge in [-0.3, -0.25) is 0 Å². The topological polar surface area (TPSA) is 102 Å². The van der Waals surface area contributed by atoms with Gasteiger partial charge in [-0.2, -0.15) is 0 Å². The van der Waals surface area contributed by atoms with Crippen molar-refractivity contribution in [2.75, 3.05) is 19.1 Å². The molecule has 566 valence electrons. The van der Waals surface area contributed by atoms with Crippen molar-refractivity contribution in [3.63, 3.8) is 0 Å². The zero-order valence-corrected chi connectivity index (χ0v) is 68.2. The Morgan fingerprint density at radius 1 is 0.324 bits per heavy atom. The highest BCUT2D eigenvalue weighted by Crippen LogP contribution is 2.59. The average molecular weight is 1470 g/mol. The first kappa shape index (κ1) is 75.3. The predicted molar refractivity (Wildman–Crippen MR) is 459 cm³/mol. The number of ether oxygens (including phenoxy) is 7. The molecule has 0 spiro atoms. The van der Waals surface area contributed by atoms with Gasteiger partial charge in [-0.1, -0.05) is 196 Å². The Labute approximate surface area is 653 Å². The first-order chi connectivity index (χ1) is 52.4. The number of esters is 2. The van der Waals surface area contributed by atoms with E-state index in [1.807, 2.05) is 48.5 Å². The van der Waals surface area contributed by atoms with E-state index in [2.05, 4.69) is 276 Å². The molecule has 14 aromatic rings. The van der Waals surface area contributed by atoms with E-state index < -0.39 is 11.9 Å². The van der Waals surface area contributed by atoms with Gasteiger partial charge in [-0.05, 0) is 246 Å². The van der Waals surface area contributed by atoms with Crippen molar-refractivity contribution in [1.29, 1.82) is 0 Å². The summed E-state index contributed by atoms with van der Waals surface area (Å²) in [7, 11) is 3.37. The number of rotatable bonds is 22. The summed E-state index contributed by atoms with van der Waals surface area (Å²) in [5.41, 5.74) is 8.50. The van der Waals surface area contributed by atoms with Crippen LogP contribution in [0, 0.1) is 16.2 Å². The summed E-state index contributed by atoms with van der Waals surface area (Å²) < 4.78 is 47.2. The molecular weight excluding hydrogens is 1370 g/mol. The maximum absolute atomic E-state index is 14.7. The first-order valence-corrected chi connectivity index (χ1v) is 38.9. The second-order valence-electron chi connectivity index (χ2n) is 37.3. The van der Waals surface area contributed by atoms with Crippen molar-refractivity contribution in [2.24, 2.45) is 16.2 Å². The molecule has 1 aliphatic heterocycles. The lowest BCUT2D eigenvalue weighted by Gasteiger charge is -2.33. The summed E-state index contributed by atoms with van der Waals surface area (Å²) >= 11 is 0. The summed E-state index contributed by atoms with van der Waals surface area (Å²) in [6, 6.07) is 68.9. The van der Waals surface area contributed by atoms with Crippen LogP contribution in [-0.4, -0.2) is 26.2 Å². The molecule has 1 aliphatic rings. The number of carbonyl (C=O) groups excluding carboxylic acids is 2. The lowest BCUT2D eigenvalue weighted by molar-refractivity contribution is 0.0390. The van der Waals surface area contributed by atoms with Gasteiger partial charge in [0.15, 0.2) is 0 Å². The number of fused-ring (bicyclic) bond motifs is 4. The molecular formula is C101H103NO9. The molecule has 0 amide bonds. The Balaban J connectivity index is 1.08. The zero-order chi connectivity index (χ0) is 79.0. The molecule has 0 saturated heterocycles. The minimum absolute atomic E-state index is 0.0782. The number of hydrogen-bond acceptors (Lipinski definition) is 10. The second-order valence-corrected chi connectivity index (χ2v) is 37.3. The predicted octanol–water partition coefficient (Wildman–Crippen LogP) is 29.0. The molecule has 111 heavy (non-hydrogen) atoms. The molecule has 0 radical (unpaired) electrons. The van der Waals surface area contributed by atoms with Gasteiger partial charge in [-0.25, -0.2) is 9.59 Å². The van der Waals surface area contributed by atoms with Crippen molar-refractivity contribution in [3.8, 4) is 57.5 Å². The van der Waals surface area contributed by atoms with E-state index in [4.69, 9.17) is 33.2 Å². The molecule has 0 bridgehead atoms. The third-order valence-electron chi connectivity index (χ3n) is 22.4. The van der Waals surface area contributed by atoms with E-state index in [1.165, 1.54) is 22.3 Å². The van der Waals surface area contributed by atoms with Gasteiger partial charge < -0.3 is 38.1 Å². The standard InChI is InChI=1S/C101H103NO9/c1-59(2)55-98(12,13)60-22-34-68(35-23-60)107-80-51-50-72-79(102(64-30-42-66(105-20)43-31-64)65-32-44-67(106-21)45-33-65)54-83(110-71-40-28-63(29-41-71)101(18,19)58-97(9,10)11)88-74-47-49-76-85-75(48-46-73(84(74)85)87(80)91(72)88)89-81(108-69-36-24-61(25-37-69)99(14,15)56-95(3,4)5)52-77-86-78(94(104)111-93(77)103)53-82(90(76)92(86)89)109-70-38-26-62(27-39-70)100(16,17)57-96(6,7)8/h22-54H,1,55-58H2,2-21H3. The van der Waals surface area contributed by atoms with E-state index in [-0.39, 0.29) is 49.0 Å². The maximum Gasteiger partial charge on any atom is 0.346 e. The molecule has 15 rings (SSSR count). The smallest absolute Gasteiger partial charge is 0.346 e. The van der Waals surface area contributed by atoms with E-state index in [0.717, 1.165) is 114 Å². The Bertz CT molecular complexity index is 5760. The highest BCUT2D eigenvalue weighted by molar-refractivity contribution is 6.46. The molecule has 10 heteroatoms. The molecule has 0 N–H and O–H groups in total. The zero-order valence-electron chi connectivity index (χ0n) is 68.2. The lowest BCUT2D eigenvalue weighted by Crippen LogP contribution is -2.24. The van der Waals surface area contributed by atoms with Crippen molar-refractivity contribution in [2.45, 2.75) is 172 Å². The summed E-state index contributed by atoms with van der Waals surface area (Å²) in [6.07, 6.45) is 3.72. The highest BCUT2D eigenvalue weighted by Gasteiger charge is 2.37. The van der Waals surface area contributed by atoms with Crippen LogP contribution in [0.15, 0.2) is 212 Å². The van der Waals surface area contributed by atoms with Crippen LogP contribution in [0.3, 0.4) is 0 Å². The molecule has 0 unspecified atom stereocenters. The highest BCUT2D eigenvalue weighted by atomic mass is 16.6. The van der Waals surface area contributed by atoms with Crippen LogP contribution in [0.25, 0.3) is 75.4 Å². The molecule has 0 aromatic heterocycles. The number of nitrogens with zero attached hydrogens (tertiary/aromatic N) is 1. The quantitative estimate of drug-likeness (QED) is 0.0214. The summed E-state index contributed by atoms with van der Waals surface area (Å²) in [4.78, 5) is 31.6. The van der Waals surface area contributed by atoms with Gasteiger partial charge in [0.25, 0.3) is 0 Å². The lowest BCUT2D eigenvalue weighted by atomic mass is 9.72. The monoisotopic (exact) mass is 1470 g/mol. The fourth-order valence-electron chi connectivity index (χ4n) is 18.9. The molecule has 0 atom stereocenters. The number of carbonyl (C=O) groups is 2. The van der Waals surface area contributed by atoms with E-state index >= 15 is 0 Å². The Morgan fingerprint density at radius 2 is 0.622 bits per heavy atom. The normalized spacial score (nSPS) is 13.3. The van der Waals surface area contributed by atoms with Crippen LogP contribution >= 0.6 is 0 Å². The van der Waals surface area contributed by atoms with Gasteiger partial charge in [0.1, 0.15) is 57.5 Å². The minimum Gasteiger partial charge on any atom is -0.497 e. The molecule has 0 fully saturated rings. The summed E-state index contributed by atoms with van der Waals surface area (Å²) in [5, 5.41) is 11.3. The fraction of sp³-hybridized carbons (Fsp3) is 0.307. The van der Waals surface area contributed by atoms with Crippen molar-refractivity contribution < 1.29 is 42.7 Å². The number of anilines is 3. The molecule has 14 aromatic carbocycles. The van der Waals surface area contributed by atoms with E-state index in [9.17, 15) is 9.59 Å². The first-order valence-electron chi connectivity index (χ1n) is 38.9. The van der Waals surface area contributed by atoms with Gasteiger partial charge in [0, 0.05) is 60.5 Å². The number of hydrogen-bond donors (Lipinski definition) is 0. The summed E-state index contributed by atoms with van der Waals surface area (Å²) in [5.74, 6) is 4.43. The fourth-order valence-corrected chi connectivity index (χ4v) is 18.9. The molecule has 0 saturated carbocycles. The van der Waals surface area contributed by atoms with Crippen LogP contribution in [0.5, 0.6) is 57.5 Å². The third-order valence-corrected chi connectivity index (χ3v) is 22.4. The van der Waals surface area contributed by atoms with Gasteiger partial charge in [-0.15, -0.1) is 6.58 Å². The number of allylic oxidation sites excluding steroid dienone is 1. The van der Waals surface area contributed by atoms with Crippen LogP contribution < -0.4 is 33.3 Å². The SMILES string of the molecule is C=C(C)CC(C)(C)c1ccc(Oc2ccc3c(N(c4ccc(OC)cc4)c4ccc(OC)cc4)cc(Oc4ccc(C(C)(C)CC(C)(C)C)cc4)c4c5ccc6c7c(Oc8ccc(C(C)(C)CC(C)(C)C)cc8)cc8c9c(cc(Oc%10ccc(C(C)(C)CC(C)(C)C)cc%10)c(c%10ccc(c2c34)c5c%106)c97)C(=O)OC8=O)cc1.